The molecule has 0 radical (unpaired) electrons. The molecule has 8 heteroatoms. The van der Waals surface area contributed by atoms with E-state index in [4.69, 9.17) is 4.19 Å². The van der Waals surface area contributed by atoms with Crippen molar-refractivity contribution in [1.82, 2.24) is 0 Å². The topological polar surface area (TPSA) is 89.9 Å². The molecule has 0 aromatic rings. The Morgan fingerprint density at radius 1 is 1.50 bits per heavy atom. The van der Waals surface area contributed by atoms with Crippen LogP contribution in [0.25, 0.3) is 0 Å². The summed E-state index contributed by atoms with van der Waals surface area (Å²) in [6.07, 6.45) is 0. The van der Waals surface area contributed by atoms with Gasteiger partial charge in [-0.25, -0.2) is 0 Å². The van der Waals surface area contributed by atoms with Gasteiger partial charge in [0.15, 0.2) is 0 Å². The van der Waals surface area contributed by atoms with E-state index >= 15 is 0 Å². The molecular weight excluding hydrogens is 254 g/mol. The van der Waals surface area contributed by atoms with E-state index in [2.05, 4.69) is 7.94 Å². The third-order valence-electron chi connectivity index (χ3n) is 0.149. The van der Waals surface area contributed by atoms with Gasteiger partial charge in [0.25, 0.3) is 0 Å². The first-order valence-electron chi connectivity index (χ1n) is 1.23. The van der Waals surface area contributed by atoms with Crippen LogP contribution in [0.4, 0.5) is 0 Å². The predicted molar refractivity (Wildman–Crippen MR) is 19.4 cm³/mol. The second kappa shape index (κ2) is 4.22. The van der Waals surface area contributed by atoms with E-state index < -0.39 is 28.6 Å². The van der Waals surface area contributed by atoms with Gasteiger partial charge in [-0.3, -0.25) is 0 Å². The van der Waals surface area contributed by atoms with Gasteiger partial charge in [0.05, 0.1) is 0 Å². The fraction of sp³-hybridized carbons (Fsp3) is 0. The Morgan fingerprint density at radius 3 is 2.12 bits per heavy atom. The van der Waals surface area contributed by atoms with Crippen molar-refractivity contribution in [2.24, 2.45) is 0 Å². The molecule has 0 bridgehead atoms. The van der Waals surface area contributed by atoms with Gasteiger partial charge in [-0.15, -0.1) is 0 Å². The van der Waals surface area contributed by atoms with Crippen molar-refractivity contribution in [2.75, 3.05) is 0 Å². The third kappa shape index (κ3) is 6.32. The molecule has 6 nitrogen and oxygen atoms in total. The zero-order valence-corrected chi connectivity index (χ0v) is 6.93. The SMILES string of the molecule is O=[Se](O)OO[SeH](=O)=O. The van der Waals surface area contributed by atoms with Gasteiger partial charge in [-0.05, 0) is 0 Å². The zero-order valence-electron chi connectivity index (χ0n) is 3.34. The van der Waals surface area contributed by atoms with Crippen molar-refractivity contribution in [2.45, 2.75) is 0 Å². The molecule has 1 N–H and O–H groups in total. The standard InChI is InChI=1S/H2O6Se2/c1-7(2)5-6-8(3)4/h7H,(H,3,4). The summed E-state index contributed by atoms with van der Waals surface area (Å²) in [5.41, 5.74) is 0. The second-order valence-electron chi connectivity index (χ2n) is 0.583. The molecule has 50 valence electrons. The van der Waals surface area contributed by atoms with Gasteiger partial charge in [-0.2, -0.15) is 0 Å². The van der Waals surface area contributed by atoms with Crippen LogP contribution in [0, 0.1) is 0 Å². The van der Waals surface area contributed by atoms with Gasteiger partial charge < -0.3 is 0 Å². The summed E-state index contributed by atoms with van der Waals surface area (Å²) >= 11 is -7.28. The first-order valence-corrected chi connectivity index (χ1v) is 5.69. The summed E-state index contributed by atoms with van der Waals surface area (Å²) in [6.45, 7) is 0. The molecule has 1 atom stereocenters. The molecule has 0 aliphatic rings. The number of hydrogen-bond donors (Lipinski definition) is 1. The monoisotopic (exact) mass is 258 g/mol. The van der Waals surface area contributed by atoms with E-state index in [0.29, 0.717) is 0 Å². The molecule has 0 aliphatic heterocycles. The van der Waals surface area contributed by atoms with Crippen LogP contribution in [-0.2, 0) is 19.4 Å². The number of hydrogen-bond acceptors (Lipinski definition) is 5. The van der Waals surface area contributed by atoms with Crippen molar-refractivity contribution in [1.29, 1.82) is 0 Å². The summed E-state index contributed by atoms with van der Waals surface area (Å²) in [4.78, 5) is 0. The molecule has 0 aliphatic carbocycles. The molecular formula is H2O6Se2. The minimum atomic E-state index is -3.83. The van der Waals surface area contributed by atoms with Gasteiger partial charge in [0.2, 0.25) is 0 Å². The first-order chi connectivity index (χ1) is 3.63. The molecule has 0 saturated heterocycles. The number of rotatable bonds is 3. The van der Waals surface area contributed by atoms with E-state index in [1.807, 2.05) is 0 Å². The average molecular weight is 256 g/mol. The van der Waals surface area contributed by atoms with Gasteiger partial charge in [0.1, 0.15) is 0 Å². The van der Waals surface area contributed by atoms with E-state index in [-0.39, 0.29) is 0 Å². The molecule has 0 aromatic heterocycles. The normalized spacial score (nSPS) is 14.2. The van der Waals surface area contributed by atoms with Crippen molar-refractivity contribution in [3.8, 4) is 0 Å². The van der Waals surface area contributed by atoms with E-state index in [1.165, 1.54) is 0 Å². The van der Waals surface area contributed by atoms with Crippen LogP contribution in [0.2, 0.25) is 0 Å². The minimum absolute atomic E-state index is 3.33. The Labute approximate surface area is 52.7 Å². The summed E-state index contributed by atoms with van der Waals surface area (Å²) < 4.78 is 42.9. The van der Waals surface area contributed by atoms with Gasteiger partial charge in [-0.1, -0.05) is 0 Å². The van der Waals surface area contributed by atoms with E-state index in [1.54, 1.807) is 0 Å². The summed E-state index contributed by atoms with van der Waals surface area (Å²) in [7, 11) is 0. The second-order valence-corrected chi connectivity index (χ2v) is 3.03. The Bertz CT molecular complexity index is 135. The van der Waals surface area contributed by atoms with E-state index in [9.17, 15) is 11.5 Å². The van der Waals surface area contributed by atoms with Crippen LogP contribution in [-0.4, -0.2) is 32.8 Å². The van der Waals surface area contributed by atoms with Crippen LogP contribution in [0.5, 0.6) is 0 Å². The van der Waals surface area contributed by atoms with Crippen LogP contribution in [0.3, 0.4) is 0 Å². The molecule has 0 amide bonds. The fourth-order valence-electron chi connectivity index (χ4n) is 0.0509. The summed E-state index contributed by atoms with van der Waals surface area (Å²) in [5.74, 6) is 0. The third-order valence-corrected chi connectivity index (χ3v) is 1.44. The maximum atomic E-state index is 9.51. The molecule has 8 heavy (non-hydrogen) atoms. The Hall–Kier alpha value is 0.319. The quantitative estimate of drug-likeness (QED) is 0.354. The molecule has 0 rings (SSSR count). The van der Waals surface area contributed by atoms with E-state index in [0.717, 1.165) is 0 Å². The van der Waals surface area contributed by atoms with Gasteiger partial charge >= 0.3 is 52.2 Å². The summed E-state index contributed by atoms with van der Waals surface area (Å²) in [5, 5.41) is 0. The fourth-order valence-corrected chi connectivity index (χ4v) is 1.37. The molecule has 0 spiro atoms. The Kier molecular flexibility index (Phi) is 4.39. The Balaban J connectivity index is 3.32. The summed E-state index contributed by atoms with van der Waals surface area (Å²) in [6, 6.07) is 0. The van der Waals surface area contributed by atoms with Crippen LogP contribution in [0.1, 0.15) is 0 Å². The maximum absolute atomic E-state index is 9.51. The van der Waals surface area contributed by atoms with Crippen LogP contribution in [0.15, 0.2) is 0 Å². The molecule has 0 aromatic carbocycles. The molecule has 0 saturated carbocycles. The first kappa shape index (κ1) is 8.32. The van der Waals surface area contributed by atoms with Crippen molar-refractivity contribution in [3.05, 3.63) is 0 Å². The Morgan fingerprint density at radius 2 is 2.00 bits per heavy atom. The predicted octanol–water partition coefficient (Wildman–Crippen LogP) is -2.08. The average Bonchev–Trinajstić information content (AvgIpc) is 1.61. The van der Waals surface area contributed by atoms with Crippen LogP contribution < -0.4 is 0 Å². The van der Waals surface area contributed by atoms with Crippen molar-refractivity contribution >= 4 is 28.6 Å². The molecule has 0 heterocycles. The zero-order chi connectivity index (χ0) is 6.57. The van der Waals surface area contributed by atoms with Crippen molar-refractivity contribution < 1.29 is 23.6 Å². The van der Waals surface area contributed by atoms with Crippen molar-refractivity contribution in [3.63, 3.8) is 0 Å². The molecule has 0 fully saturated rings. The van der Waals surface area contributed by atoms with Gasteiger partial charge in [0, 0.05) is 0 Å². The molecule has 1 unspecified atom stereocenters. The van der Waals surface area contributed by atoms with Crippen LogP contribution >= 0.6 is 0 Å².